The van der Waals surface area contributed by atoms with Crippen molar-refractivity contribution in [2.45, 2.75) is 44.1 Å². The minimum Gasteiger partial charge on any atom is -0.393 e. The van der Waals surface area contributed by atoms with E-state index in [0.29, 0.717) is 5.92 Å². The molecule has 0 unspecified atom stereocenters. The minimum absolute atomic E-state index is 0.154. The SMILES string of the molecule is OC1CC(c2nc(CC3CC3)no2)C1. The second-order valence-corrected chi connectivity index (χ2v) is 4.52. The molecule has 2 aliphatic carbocycles. The quantitative estimate of drug-likeness (QED) is 0.787. The van der Waals surface area contributed by atoms with Crippen LogP contribution in [0.1, 0.15) is 43.3 Å². The lowest BCUT2D eigenvalue weighted by molar-refractivity contribution is 0.0625. The monoisotopic (exact) mass is 194 g/mol. The first kappa shape index (κ1) is 8.41. The zero-order valence-corrected chi connectivity index (χ0v) is 8.02. The summed E-state index contributed by atoms with van der Waals surface area (Å²) < 4.78 is 5.17. The number of hydrogen-bond donors (Lipinski definition) is 1. The zero-order valence-electron chi connectivity index (χ0n) is 8.02. The minimum atomic E-state index is -0.154. The molecule has 2 fully saturated rings. The van der Waals surface area contributed by atoms with Gasteiger partial charge in [-0.05, 0) is 31.6 Å². The molecule has 1 aromatic rings. The normalized spacial score (nSPS) is 31.5. The van der Waals surface area contributed by atoms with Gasteiger partial charge in [0.2, 0.25) is 5.89 Å². The van der Waals surface area contributed by atoms with Gasteiger partial charge >= 0.3 is 0 Å². The van der Waals surface area contributed by atoms with Crippen molar-refractivity contribution in [2.24, 2.45) is 5.92 Å². The van der Waals surface area contributed by atoms with Gasteiger partial charge in [-0.1, -0.05) is 5.16 Å². The van der Waals surface area contributed by atoms with Crippen molar-refractivity contribution in [3.8, 4) is 0 Å². The number of hydrogen-bond acceptors (Lipinski definition) is 4. The first-order chi connectivity index (χ1) is 6.81. The number of rotatable bonds is 3. The van der Waals surface area contributed by atoms with Crippen molar-refractivity contribution in [3.63, 3.8) is 0 Å². The summed E-state index contributed by atoms with van der Waals surface area (Å²) >= 11 is 0. The van der Waals surface area contributed by atoms with E-state index in [1.54, 1.807) is 0 Å². The molecule has 0 radical (unpaired) electrons. The van der Waals surface area contributed by atoms with Gasteiger partial charge in [0.1, 0.15) is 0 Å². The standard InChI is InChI=1S/C10H14N2O2/c13-8-4-7(5-8)10-11-9(12-14-10)3-6-1-2-6/h6-8,13H,1-5H2. The predicted octanol–water partition coefficient (Wildman–Crippen LogP) is 1.26. The summed E-state index contributed by atoms with van der Waals surface area (Å²) in [5.74, 6) is 2.69. The lowest BCUT2D eigenvalue weighted by atomic mass is 9.82. The summed E-state index contributed by atoms with van der Waals surface area (Å²) in [5, 5.41) is 13.1. The molecule has 1 N–H and O–H groups in total. The van der Waals surface area contributed by atoms with Gasteiger partial charge in [-0.25, -0.2) is 0 Å². The molecule has 2 saturated carbocycles. The van der Waals surface area contributed by atoms with E-state index in [1.165, 1.54) is 12.8 Å². The second-order valence-electron chi connectivity index (χ2n) is 4.52. The summed E-state index contributed by atoms with van der Waals surface area (Å²) in [6, 6.07) is 0. The molecule has 76 valence electrons. The highest BCUT2D eigenvalue weighted by Crippen LogP contribution is 2.36. The van der Waals surface area contributed by atoms with Crippen LogP contribution in [0.25, 0.3) is 0 Å². The van der Waals surface area contributed by atoms with E-state index >= 15 is 0 Å². The van der Waals surface area contributed by atoms with E-state index in [2.05, 4.69) is 10.1 Å². The molecule has 0 aliphatic heterocycles. The van der Waals surface area contributed by atoms with E-state index in [4.69, 9.17) is 9.63 Å². The average Bonchev–Trinajstić information content (AvgIpc) is 2.78. The van der Waals surface area contributed by atoms with Crippen molar-refractivity contribution in [3.05, 3.63) is 11.7 Å². The summed E-state index contributed by atoms with van der Waals surface area (Å²) in [6.07, 6.45) is 5.01. The van der Waals surface area contributed by atoms with E-state index in [-0.39, 0.29) is 6.10 Å². The summed E-state index contributed by atoms with van der Waals surface area (Å²) in [4.78, 5) is 4.36. The molecule has 0 amide bonds. The fraction of sp³-hybridized carbons (Fsp3) is 0.800. The van der Waals surface area contributed by atoms with Gasteiger partial charge in [-0.15, -0.1) is 0 Å². The van der Waals surface area contributed by atoms with Crippen LogP contribution in [-0.2, 0) is 6.42 Å². The molecule has 0 saturated heterocycles. The molecule has 2 aliphatic rings. The van der Waals surface area contributed by atoms with E-state index < -0.39 is 0 Å². The third-order valence-electron chi connectivity index (χ3n) is 3.11. The van der Waals surface area contributed by atoms with Crippen LogP contribution in [0.3, 0.4) is 0 Å². The van der Waals surface area contributed by atoms with E-state index in [0.717, 1.165) is 36.9 Å². The van der Waals surface area contributed by atoms with Gasteiger partial charge in [0.05, 0.1) is 6.10 Å². The number of nitrogens with zero attached hydrogens (tertiary/aromatic N) is 2. The first-order valence-corrected chi connectivity index (χ1v) is 5.32. The molecule has 3 rings (SSSR count). The highest BCUT2D eigenvalue weighted by molar-refractivity contribution is 5.02. The van der Waals surface area contributed by atoms with Gasteiger partial charge < -0.3 is 9.63 Å². The average molecular weight is 194 g/mol. The van der Waals surface area contributed by atoms with Crippen LogP contribution in [0.5, 0.6) is 0 Å². The second kappa shape index (κ2) is 3.05. The van der Waals surface area contributed by atoms with Crippen LogP contribution in [-0.4, -0.2) is 21.4 Å². The van der Waals surface area contributed by atoms with Gasteiger partial charge in [-0.3, -0.25) is 0 Å². The molecule has 1 heterocycles. The van der Waals surface area contributed by atoms with Crippen LogP contribution in [0.2, 0.25) is 0 Å². The third-order valence-corrected chi connectivity index (χ3v) is 3.11. The maximum Gasteiger partial charge on any atom is 0.229 e. The maximum atomic E-state index is 9.15. The predicted molar refractivity (Wildman–Crippen MR) is 48.7 cm³/mol. The fourth-order valence-corrected chi connectivity index (χ4v) is 1.89. The highest BCUT2D eigenvalue weighted by Gasteiger charge is 2.33. The van der Waals surface area contributed by atoms with Crippen LogP contribution >= 0.6 is 0 Å². The van der Waals surface area contributed by atoms with Crippen molar-refractivity contribution >= 4 is 0 Å². The molecule has 0 aromatic carbocycles. The van der Waals surface area contributed by atoms with Crippen molar-refractivity contribution in [1.82, 2.24) is 10.1 Å². The lowest BCUT2D eigenvalue weighted by Crippen LogP contribution is -2.26. The Morgan fingerprint density at radius 1 is 1.36 bits per heavy atom. The van der Waals surface area contributed by atoms with Gasteiger partial charge in [-0.2, -0.15) is 4.98 Å². The molecule has 0 bridgehead atoms. The van der Waals surface area contributed by atoms with Crippen LogP contribution in [0, 0.1) is 5.92 Å². The Kier molecular flexibility index (Phi) is 1.83. The maximum absolute atomic E-state index is 9.15. The number of aromatic nitrogens is 2. The molecule has 4 nitrogen and oxygen atoms in total. The summed E-state index contributed by atoms with van der Waals surface area (Å²) in [6.45, 7) is 0. The number of aliphatic hydroxyl groups is 1. The fourth-order valence-electron chi connectivity index (χ4n) is 1.89. The van der Waals surface area contributed by atoms with Gasteiger partial charge in [0.15, 0.2) is 5.82 Å². The van der Waals surface area contributed by atoms with Gasteiger partial charge in [0, 0.05) is 12.3 Å². The Balaban J connectivity index is 1.64. The van der Waals surface area contributed by atoms with Crippen LogP contribution in [0.4, 0.5) is 0 Å². The molecular formula is C10H14N2O2. The topological polar surface area (TPSA) is 59.2 Å². The molecule has 4 heteroatoms. The molecule has 0 atom stereocenters. The molecule has 0 spiro atoms. The van der Waals surface area contributed by atoms with E-state index in [9.17, 15) is 0 Å². The Labute approximate surface area is 82.3 Å². The molecular weight excluding hydrogens is 180 g/mol. The first-order valence-electron chi connectivity index (χ1n) is 5.32. The van der Waals surface area contributed by atoms with Gasteiger partial charge in [0.25, 0.3) is 0 Å². The highest BCUT2D eigenvalue weighted by atomic mass is 16.5. The zero-order chi connectivity index (χ0) is 9.54. The largest absolute Gasteiger partial charge is 0.393 e. The summed E-state index contributed by atoms with van der Waals surface area (Å²) in [5.41, 5.74) is 0. The third kappa shape index (κ3) is 1.54. The van der Waals surface area contributed by atoms with Crippen LogP contribution in [0.15, 0.2) is 4.52 Å². The Morgan fingerprint density at radius 3 is 2.79 bits per heavy atom. The van der Waals surface area contributed by atoms with Crippen molar-refractivity contribution < 1.29 is 9.63 Å². The van der Waals surface area contributed by atoms with Crippen LogP contribution < -0.4 is 0 Å². The van der Waals surface area contributed by atoms with E-state index in [1.807, 2.05) is 0 Å². The smallest absolute Gasteiger partial charge is 0.229 e. The molecule has 14 heavy (non-hydrogen) atoms. The Morgan fingerprint density at radius 2 is 2.14 bits per heavy atom. The van der Waals surface area contributed by atoms with Crippen molar-refractivity contribution in [1.29, 1.82) is 0 Å². The van der Waals surface area contributed by atoms with Crippen molar-refractivity contribution in [2.75, 3.05) is 0 Å². The molecule has 1 aromatic heterocycles. The Bertz CT molecular complexity index is 327. The summed E-state index contributed by atoms with van der Waals surface area (Å²) in [7, 11) is 0. The number of aliphatic hydroxyl groups excluding tert-OH is 1. The lowest BCUT2D eigenvalue weighted by Gasteiger charge is -2.27. The Hall–Kier alpha value is -0.900.